The molecule has 3 N–H and O–H groups in total. The zero-order valence-electron chi connectivity index (χ0n) is 8.89. The normalized spacial score (nSPS) is 20.6. The molecule has 1 atom stereocenters. The number of pyridine rings is 1. The molecular formula is C9H12ClN3O2S2. The standard InChI is InChI=1S/C9H12ClN3O2S2/c10-8-3-7(4-12-9(8)11)17(14,15)13-6-1-2-16-5-6/h3-4,6,13H,1-2,5H2,(H2,11,12). The number of halogens is 1. The molecule has 1 unspecified atom stereocenters. The summed E-state index contributed by atoms with van der Waals surface area (Å²) in [7, 11) is -3.55. The first-order chi connectivity index (χ1) is 7.99. The van der Waals surface area contributed by atoms with Crippen molar-refractivity contribution >= 4 is 39.2 Å². The van der Waals surface area contributed by atoms with Crippen LogP contribution in [0.1, 0.15) is 6.42 Å². The maximum absolute atomic E-state index is 12.0. The molecular weight excluding hydrogens is 282 g/mol. The highest BCUT2D eigenvalue weighted by Gasteiger charge is 2.23. The van der Waals surface area contributed by atoms with E-state index in [2.05, 4.69) is 9.71 Å². The summed E-state index contributed by atoms with van der Waals surface area (Å²) in [5, 5.41) is 0.147. The summed E-state index contributed by atoms with van der Waals surface area (Å²) in [6, 6.07) is 1.30. The number of anilines is 1. The quantitative estimate of drug-likeness (QED) is 0.872. The largest absolute Gasteiger partial charge is 0.382 e. The molecule has 1 saturated heterocycles. The van der Waals surface area contributed by atoms with Gasteiger partial charge in [0.25, 0.3) is 0 Å². The van der Waals surface area contributed by atoms with E-state index in [-0.39, 0.29) is 21.8 Å². The van der Waals surface area contributed by atoms with Gasteiger partial charge in [-0.1, -0.05) is 11.6 Å². The fourth-order valence-electron chi connectivity index (χ4n) is 1.49. The van der Waals surface area contributed by atoms with E-state index in [1.807, 2.05) is 0 Å². The fourth-order valence-corrected chi connectivity index (χ4v) is 4.22. The molecule has 1 aliphatic rings. The monoisotopic (exact) mass is 293 g/mol. The van der Waals surface area contributed by atoms with Gasteiger partial charge in [0, 0.05) is 18.0 Å². The van der Waals surface area contributed by atoms with Gasteiger partial charge < -0.3 is 5.73 Å². The summed E-state index contributed by atoms with van der Waals surface area (Å²) in [4.78, 5) is 3.79. The summed E-state index contributed by atoms with van der Waals surface area (Å²) < 4.78 is 26.6. The van der Waals surface area contributed by atoms with Gasteiger partial charge >= 0.3 is 0 Å². The first-order valence-corrected chi connectivity index (χ1v) is 8.02. The highest BCUT2D eigenvalue weighted by molar-refractivity contribution is 7.99. The van der Waals surface area contributed by atoms with E-state index in [1.54, 1.807) is 11.8 Å². The minimum Gasteiger partial charge on any atom is -0.382 e. The summed E-state index contributed by atoms with van der Waals surface area (Å²) in [6.07, 6.45) is 2.06. The topological polar surface area (TPSA) is 85.1 Å². The molecule has 0 amide bonds. The Morgan fingerprint density at radius 3 is 2.94 bits per heavy atom. The predicted molar refractivity (Wildman–Crippen MR) is 69.7 cm³/mol. The Hall–Kier alpha value is -0.500. The molecule has 2 heterocycles. The zero-order chi connectivity index (χ0) is 12.5. The molecule has 0 aromatic carbocycles. The van der Waals surface area contributed by atoms with Crippen LogP contribution in [0, 0.1) is 0 Å². The molecule has 0 spiro atoms. The van der Waals surface area contributed by atoms with Crippen molar-refractivity contribution in [2.24, 2.45) is 0 Å². The Morgan fingerprint density at radius 1 is 1.59 bits per heavy atom. The first kappa shape index (κ1) is 12.9. The van der Waals surface area contributed by atoms with Gasteiger partial charge in [-0.3, -0.25) is 0 Å². The molecule has 0 radical (unpaired) electrons. The summed E-state index contributed by atoms with van der Waals surface area (Å²) in [6.45, 7) is 0. The highest BCUT2D eigenvalue weighted by Crippen LogP contribution is 2.22. The number of nitrogens with one attached hydrogen (secondary N) is 1. The number of rotatable bonds is 3. The summed E-state index contributed by atoms with van der Waals surface area (Å²) >= 11 is 7.49. The van der Waals surface area contributed by atoms with Crippen LogP contribution in [0.5, 0.6) is 0 Å². The lowest BCUT2D eigenvalue weighted by Gasteiger charge is -2.12. The average molecular weight is 294 g/mol. The van der Waals surface area contributed by atoms with Crippen molar-refractivity contribution < 1.29 is 8.42 Å². The molecule has 2 rings (SSSR count). The lowest BCUT2D eigenvalue weighted by atomic mass is 10.3. The Kier molecular flexibility index (Phi) is 3.82. The van der Waals surface area contributed by atoms with E-state index >= 15 is 0 Å². The van der Waals surface area contributed by atoms with Gasteiger partial charge in [0.2, 0.25) is 10.0 Å². The number of nitrogen functional groups attached to an aromatic ring is 1. The van der Waals surface area contributed by atoms with Gasteiger partial charge in [0.15, 0.2) is 0 Å². The van der Waals surface area contributed by atoms with Gasteiger partial charge in [-0.15, -0.1) is 0 Å². The fraction of sp³-hybridized carbons (Fsp3) is 0.444. The molecule has 5 nitrogen and oxygen atoms in total. The van der Waals surface area contributed by atoms with Crippen molar-refractivity contribution in [3.8, 4) is 0 Å². The van der Waals surface area contributed by atoms with Gasteiger partial charge in [0.1, 0.15) is 10.7 Å². The molecule has 17 heavy (non-hydrogen) atoms. The second-order valence-electron chi connectivity index (χ2n) is 3.72. The van der Waals surface area contributed by atoms with Gasteiger partial charge in [-0.05, 0) is 18.2 Å². The van der Waals surface area contributed by atoms with Crippen molar-refractivity contribution in [3.05, 3.63) is 17.3 Å². The lowest BCUT2D eigenvalue weighted by Crippen LogP contribution is -2.34. The van der Waals surface area contributed by atoms with Crippen LogP contribution in [0.25, 0.3) is 0 Å². The van der Waals surface area contributed by atoms with Crippen molar-refractivity contribution in [3.63, 3.8) is 0 Å². The molecule has 1 aromatic heterocycles. The van der Waals surface area contributed by atoms with Crippen LogP contribution in [-0.2, 0) is 10.0 Å². The Bertz CT molecular complexity index is 515. The number of hydrogen-bond donors (Lipinski definition) is 2. The smallest absolute Gasteiger partial charge is 0.242 e. The summed E-state index contributed by atoms with van der Waals surface area (Å²) in [5.41, 5.74) is 5.43. The van der Waals surface area contributed by atoms with Crippen LogP contribution in [0.2, 0.25) is 5.02 Å². The van der Waals surface area contributed by atoms with E-state index in [0.717, 1.165) is 17.9 Å². The molecule has 0 aliphatic carbocycles. The maximum Gasteiger partial charge on any atom is 0.242 e. The number of aromatic nitrogens is 1. The van der Waals surface area contributed by atoms with Crippen molar-refractivity contribution in [1.29, 1.82) is 0 Å². The number of hydrogen-bond acceptors (Lipinski definition) is 5. The van der Waals surface area contributed by atoms with Crippen molar-refractivity contribution in [2.45, 2.75) is 17.4 Å². The number of nitrogens with zero attached hydrogens (tertiary/aromatic N) is 1. The Balaban J connectivity index is 2.21. The van der Waals surface area contributed by atoms with E-state index < -0.39 is 10.0 Å². The number of nitrogens with two attached hydrogens (primary N) is 1. The van der Waals surface area contributed by atoms with Crippen LogP contribution in [0.3, 0.4) is 0 Å². The Labute approximate surface area is 109 Å². The minimum atomic E-state index is -3.55. The lowest BCUT2D eigenvalue weighted by molar-refractivity contribution is 0.563. The molecule has 1 aromatic rings. The molecule has 94 valence electrons. The van der Waals surface area contributed by atoms with Crippen LogP contribution in [0.4, 0.5) is 5.82 Å². The molecule has 0 bridgehead atoms. The van der Waals surface area contributed by atoms with Crippen LogP contribution in [0.15, 0.2) is 17.2 Å². The predicted octanol–water partition coefficient (Wildman–Crippen LogP) is 1.10. The van der Waals surface area contributed by atoms with E-state index in [0.29, 0.717) is 0 Å². The van der Waals surface area contributed by atoms with Crippen LogP contribution >= 0.6 is 23.4 Å². The third kappa shape index (κ3) is 3.04. The number of thioether (sulfide) groups is 1. The number of sulfonamides is 1. The van der Waals surface area contributed by atoms with E-state index in [1.165, 1.54) is 12.3 Å². The van der Waals surface area contributed by atoms with Crippen LogP contribution in [-0.4, -0.2) is 30.9 Å². The SMILES string of the molecule is Nc1ncc(S(=O)(=O)NC2CCSC2)cc1Cl. The average Bonchev–Trinajstić information content (AvgIpc) is 2.73. The first-order valence-electron chi connectivity index (χ1n) is 5.00. The zero-order valence-corrected chi connectivity index (χ0v) is 11.3. The van der Waals surface area contributed by atoms with Crippen molar-refractivity contribution in [2.75, 3.05) is 17.2 Å². The van der Waals surface area contributed by atoms with Gasteiger partial charge in [0.05, 0.1) is 5.02 Å². The van der Waals surface area contributed by atoms with E-state index in [9.17, 15) is 8.42 Å². The second kappa shape index (κ2) is 5.01. The molecule has 1 aliphatic heterocycles. The molecule has 1 fully saturated rings. The van der Waals surface area contributed by atoms with Gasteiger partial charge in [-0.25, -0.2) is 18.1 Å². The van der Waals surface area contributed by atoms with E-state index in [4.69, 9.17) is 17.3 Å². The molecule has 0 saturated carbocycles. The third-order valence-corrected chi connectivity index (χ3v) is 5.36. The third-order valence-electron chi connectivity index (χ3n) is 2.41. The Morgan fingerprint density at radius 2 is 2.35 bits per heavy atom. The van der Waals surface area contributed by atoms with Gasteiger partial charge in [-0.2, -0.15) is 11.8 Å². The second-order valence-corrected chi connectivity index (χ2v) is 6.99. The minimum absolute atomic E-state index is 0.0127. The van der Waals surface area contributed by atoms with Crippen molar-refractivity contribution in [1.82, 2.24) is 9.71 Å². The summed E-state index contributed by atoms with van der Waals surface area (Å²) in [5.74, 6) is 1.91. The maximum atomic E-state index is 12.0. The molecule has 8 heteroatoms. The highest BCUT2D eigenvalue weighted by atomic mass is 35.5. The van der Waals surface area contributed by atoms with Crippen LogP contribution < -0.4 is 10.5 Å².